The summed E-state index contributed by atoms with van der Waals surface area (Å²) in [4.78, 5) is 4.18. The summed E-state index contributed by atoms with van der Waals surface area (Å²) >= 11 is 0. The van der Waals surface area contributed by atoms with Crippen LogP contribution in [0.2, 0.25) is 0 Å². The number of rotatable bonds is 3. The van der Waals surface area contributed by atoms with Gasteiger partial charge in [-0.05, 0) is 50.9 Å². The molecule has 2 saturated carbocycles. The summed E-state index contributed by atoms with van der Waals surface area (Å²) in [6, 6.07) is 0.496. The topological polar surface area (TPSA) is 50.4 Å². The lowest BCUT2D eigenvalue weighted by Gasteiger charge is -2.28. The van der Waals surface area contributed by atoms with Crippen molar-refractivity contribution in [3.05, 3.63) is 0 Å². The Kier molecular flexibility index (Phi) is 3.17. The first-order valence-electron chi connectivity index (χ1n) is 6.27. The molecule has 2 fully saturated rings. The Hall–Kier alpha value is -0.730. The summed E-state index contributed by atoms with van der Waals surface area (Å²) < 4.78 is 0. The Morgan fingerprint density at radius 3 is 2.80 bits per heavy atom. The van der Waals surface area contributed by atoms with E-state index in [1.165, 1.54) is 25.7 Å². The van der Waals surface area contributed by atoms with Crippen molar-refractivity contribution >= 4 is 5.96 Å². The van der Waals surface area contributed by atoms with E-state index >= 15 is 0 Å². The zero-order valence-electron chi connectivity index (χ0n) is 9.87. The number of nitrogens with one attached hydrogen (secondary N) is 1. The summed E-state index contributed by atoms with van der Waals surface area (Å²) in [5, 5.41) is 3.34. The predicted octanol–water partition coefficient (Wildman–Crippen LogP) is 1.74. The molecular formula is C12H23N3. The Bertz CT molecular complexity index is 249. The van der Waals surface area contributed by atoms with Gasteiger partial charge < -0.3 is 11.1 Å². The van der Waals surface area contributed by atoms with Crippen molar-refractivity contribution in [3.8, 4) is 0 Å². The van der Waals surface area contributed by atoms with Crippen LogP contribution in [-0.4, -0.2) is 18.5 Å². The fourth-order valence-electron chi connectivity index (χ4n) is 3.46. The number of nitrogens with two attached hydrogens (primary N) is 1. The van der Waals surface area contributed by atoms with Gasteiger partial charge in [0.15, 0.2) is 5.96 Å². The molecule has 0 aromatic heterocycles. The van der Waals surface area contributed by atoms with Gasteiger partial charge in [-0.25, -0.2) is 0 Å². The van der Waals surface area contributed by atoms with E-state index in [4.69, 9.17) is 5.73 Å². The van der Waals surface area contributed by atoms with Crippen molar-refractivity contribution in [2.75, 3.05) is 6.54 Å². The standard InChI is InChI=1S/C12H23N3/c1-3-14-12(13)15-8(2)11-7-9-4-5-10(11)6-9/h8-11H,3-7H2,1-2H3,(H3,13,14,15). The number of hydrogen-bond donors (Lipinski definition) is 2. The number of guanidine groups is 1. The third-order valence-corrected chi connectivity index (χ3v) is 4.14. The summed E-state index contributed by atoms with van der Waals surface area (Å²) in [6.45, 7) is 5.03. The first kappa shape index (κ1) is 10.8. The molecular weight excluding hydrogens is 186 g/mol. The smallest absolute Gasteiger partial charge is 0.188 e. The number of nitrogens with zero attached hydrogens (tertiary/aromatic N) is 1. The van der Waals surface area contributed by atoms with Crippen LogP contribution in [0, 0.1) is 17.8 Å². The minimum Gasteiger partial charge on any atom is -0.370 e. The van der Waals surface area contributed by atoms with Crippen molar-refractivity contribution < 1.29 is 0 Å². The lowest BCUT2D eigenvalue weighted by atomic mass is 9.84. The molecule has 3 nitrogen and oxygen atoms in total. The van der Waals surface area contributed by atoms with Gasteiger partial charge in [0, 0.05) is 12.6 Å². The maximum atomic E-state index is 5.79. The summed E-state index contributed by atoms with van der Waals surface area (Å²) in [6.07, 6.45) is 5.76. The Morgan fingerprint density at radius 1 is 1.47 bits per heavy atom. The van der Waals surface area contributed by atoms with Crippen molar-refractivity contribution in [3.63, 3.8) is 0 Å². The molecule has 0 heterocycles. The summed E-state index contributed by atoms with van der Waals surface area (Å²) in [5.74, 6) is 3.41. The Balaban J connectivity index is 1.86. The van der Waals surface area contributed by atoms with Crippen LogP contribution < -0.4 is 11.1 Å². The highest BCUT2D eigenvalue weighted by atomic mass is 15.1. The van der Waals surface area contributed by atoms with Gasteiger partial charge >= 0.3 is 0 Å². The molecule has 0 aliphatic heterocycles. The maximum Gasteiger partial charge on any atom is 0.188 e. The highest BCUT2D eigenvalue weighted by Crippen LogP contribution is 2.49. The molecule has 0 aromatic carbocycles. The monoisotopic (exact) mass is 209 g/mol. The molecule has 3 heteroatoms. The molecule has 0 radical (unpaired) electrons. The molecule has 2 bridgehead atoms. The molecule has 2 aliphatic carbocycles. The van der Waals surface area contributed by atoms with Crippen molar-refractivity contribution in [2.24, 2.45) is 28.5 Å². The molecule has 86 valence electrons. The summed E-state index contributed by atoms with van der Waals surface area (Å²) in [5.41, 5.74) is 5.79. The second-order valence-corrected chi connectivity index (χ2v) is 5.13. The third kappa shape index (κ3) is 2.27. The van der Waals surface area contributed by atoms with E-state index in [1.54, 1.807) is 0 Å². The van der Waals surface area contributed by atoms with Crippen LogP contribution in [0.1, 0.15) is 39.5 Å². The van der Waals surface area contributed by atoms with E-state index in [2.05, 4.69) is 17.2 Å². The van der Waals surface area contributed by atoms with Crippen molar-refractivity contribution in [1.29, 1.82) is 0 Å². The number of aliphatic imine (C=N–C) groups is 1. The average molecular weight is 209 g/mol. The number of hydrogen-bond acceptors (Lipinski definition) is 1. The van der Waals surface area contributed by atoms with Crippen LogP contribution >= 0.6 is 0 Å². The molecule has 4 atom stereocenters. The predicted molar refractivity (Wildman–Crippen MR) is 63.7 cm³/mol. The van der Waals surface area contributed by atoms with Gasteiger partial charge in [0.1, 0.15) is 0 Å². The van der Waals surface area contributed by atoms with Crippen molar-refractivity contribution in [2.45, 2.75) is 45.6 Å². The SMILES string of the molecule is CCN=C(N)NC(C)C1CC2CCC1C2. The Labute approximate surface area is 92.5 Å². The molecule has 0 spiro atoms. The minimum absolute atomic E-state index is 0.496. The van der Waals surface area contributed by atoms with E-state index in [0.29, 0.717) is 12.0 Å². The highest BCUT2D eigenvalue weighted by molar-refractivity contribution is 5.78. The van der Waals surface area contributed by atoms with Gasteiger partial charge in [0.2, 0.25) is 0 Å². The van der Waals surface area contributed by atoms with E-state index in [1.807, 2.05) is 6.92 Å². The molecule has 2 rings (SSSR count). The second kappa shape index (κ2) is 4.42. The average Bonchev–Trinajstić information content (AvgIpc) is 2.78. The van der Waals surface area contributed by atoms with Crippen LogP contribution in [0.5, 0.6) is 0 Å². The largest absolute Gasteiger partial charge is 0.370 e. The van der Waals surface area contributed by atoms with E-state index < -0.39 is 0 Å². The lowest BCUT2D eigenvalue weighted by molar-refractivity contribution is 0.278. The zero-order chi connectivity index (χ0) is 10.8. The van der Waals surface area contributed by atoms with Gasteiger partial charge in [-0.3, -0.25) is 4.99 Å². The summed E-state index contributed by atoms with van der Waals surface area (Å²) in [7, 11) is 0. The zero-order valence-corrected chi connectivity index (χ0v) is 9.87. The van der Waals surface area contributed by atoms with Gasteiger partial charge in [0.25, 0.3) is 0 Å². The molecule has 2 aliphatic rings. The number of fused-ring (bicyclic) bond motifs is 2. The van der Waals surface area contributed by atoms with E-state index in [9.17, 15) is 0 Å². The molecule has 0 aromatic rings. The van der Waals surface area contributed by atoms with Crippen LogP contribution in [0.3, 0.4) is 0 Å². The van der Waals surface area contributed by atoms with Gasteiger partial charge in [-0.2, -0.15) is 0 Å². The van der Waals surface area contributed by atoms with Gasteiger partial charge in [0.05, 0.1) is 0 Å². The fraction of sp³-hybridized carbons (Fsp3) is 0.917. The van der Waals surface area contributed by atoms with Crippen molar-refractivity contribution in [1.82, 2.24) is 5.32 Å². The van der Waals surface area contributed by atoms with Crippen LogP contribution in [0.15, 0.2) is 4.99 Å². The van der Waals surface area contributed by atoms with Crippen LogP contribution in [0.4, 0.5) is 0 Å². The second-order valence-electron chi connectivity index (χ2n) is 5.13. The molecule has 4 unspecified atom stereocenters. The van der Waals surface area contributed by atoms with Crippen LogP contribution in [0.25, 0.3) is 0 Å². The fourth-order valence-corrected chi connectivity index (χ4v) is 3.46. The van der Waals surface area contributed by atoms with Gasteiger partial charge in [-0.15, -0.1) is 0 Å². The maximum absolute atomic E-state index is 5.79. The van der Waals surface area contributed by atoms with E-state index in [-0.39, 0.29) is 0 Å². The third-order valence-electron chi connectivity index (χ3n) is 4.14. The highest BCUT2D eigenvalue weighted by Gasteiger charge is 2.41. The molecule has 3 N–H and O–H groups in total. The quantitative estimate of drug-likeness (QED) is 0.549. The molecule has 15 heavy (non-hydrogen) atoms. The van der Waals surface area contributed by atoms with Gasteiger partial charge in [-0.1, -0.05) is 6.42 Å². The lowest BCUT2D eigenvalue weighted by Crippen LogP contribution is -2.43. The molecule has 0 amide bonds. The van der Waals surface area contributed by atoms with E-state index in [0.717, 1.165) is 24.3 Å². The molecule has 0 saturated heterocycles. The normalized spacial score (nSPS) is 36.9. The Morgan fingerprint density at radius 2 is 2.27 bits per heavy atom. The van der Waals surface area contributed by atoms with Crippen LogP contribution in [-0.2, 0) is 0 Å². The minimum atomic E-state index is 0.496. The first-order valence-corrected chi connectivity index (χ1v) is 6.27. The first-order chi connectivity index (χ1) is 7.20.